The molecule has 19 heavy (non-hydrogen) atoms. The van der Waals surface area contributed by atoms with Crippen LogP contribution in [0.2, 0.25) is 0 Å². The van der Waals surface area contributed by atoms with Crippen molar-refractivity contribution in [1.29, 1.82) is 0 Å². The van der Waals surface area contributed by atoms with Crippen molar-refractivity contribution in [2.75, 3.05) is 12.3 Å². The molecule has 0 unspecified atom stereocenters. The van der Waals surface area contributed by atoms with E-state index in [4.69, 9.17) is 10.5 Å². The molecule has 0 aliphatic heterocycles. The Balaban J connectivity index is 2.45. The van der Waals surface area contributed by atoms with E-state index in [2.05, 4.69) is 12.1 Å². The van der Waals surface area contributed by atoms with Crippen molar-refractivity contribution in [1.82, 2.24) is 0 Å². The van der Waals surface area contributed by atoms with E-state index in [1.807, 2.05) is 26.0 Å². The summed E-state index contributed by atoms with van der Waals surface area (Å²) < 4.78 is 5.02. The number of benzene rings is 1. The number of nitrogen functional groups attached to an aromatic ring is 1. The number of carbonyl (C=O) groups excluding carboxylic acids is 1. The summed E-state index contributed by atoms with van der Waals surface area (Å²) in [6.45, 7) is 6.12. The summed E-state index contributed by atoms with van der Waals surface area (Å²) in [6.07, 6.45) is 0. The Morgan fingerprint density at radius 2 is 1.89 bits per heavy atom. The van der Waals surface area contributed by atoms with Crippen molar-refractivity contribution in [2.24, 2.45) is 0 Å². The van der Waals surface area contributed by atoms with Crippen LogP contribution in [-0.2, 0) is 4.74 Å². The van der Waals surface area contributed by atoms with Gasteiger partial charge in [0.15, 0.2) is 0 Å². The predicted molar refractivity (Wildman–Crippen MR) is 79.6 cm³/mol. The molecule has 2 rings (SSSR count). The Bertz CT molecular complexity index is 599. The van der Waals surface area contributed by atoms with E-state index < -0.39 is 0 Å². The Morgan fingerprint density at radius 1 is 1.26 bits per heavy atom. The molecule has 0 amide bonds. The van der Waals surface area contributed by atoms with Crippen LogP contribution in [-0.4, -0.2) is 12.6 Å². The lowest BCUT2D eigenvalue weighted by molar-refractivity contribution is 0.0533. The second-order valence-corrected chi connectivity index (χ2v) is 5.41. The van der Waals surface area contributed by atoms with Gasteiger partial charge in [0.1, 0.15) is 4.88 Å². The van der Waals surface area contributed by atoms with Crippen molar-refractivity contribution in [3.8, 4) is 10.4 Å². The molecule has 3 nitrogen and oxygen atoms in total. The first-order chi connectivity index (χ1) is 9.04. The summed E-state index contributed by atoms with van der Waals surface area (Å²) in [6, 6.07) is 8.19. The standard InChI is InChI=1S/C15H17NO2S/c1-4-18-15(17)14-12(16)10(3)13(19-14)11-7-5-9(2)6-8-11/h5-8H,4,16H2,1-3H3. The smallest absolute Gasteiger partial charge is 0.350 e. The molecule has 0 spiro atoms. The Kier molecular flexibility index (Phi) is 3.90. The first kappa shape index (κ1) is 13.6. The molecule has 1 heterocycles. The number of rotatable bonds is 3. The SMILES string of the molecule is CCOC(=O)c1sc(-c2ccc(C)cc2)c(C)c1N. The van der Waals surface area contributed by atoms with Crippen molar-refractivity contribution in [3.63, 3.8) is 0 Å². The third-order valence-electron chi connectivity index (χ3n) is 2.97. The quantitative estimate of drug-likeness (QED) is 0.867. The van der Waals surface area contributed by atoms with Gasteiger partial charge in [0, 0.05) is 4.88 Å². The van der Waals surface area contributed by atoms with E-state index in [-0.39, 0.29) is 5.97 Å². The maximum atomic E-state index is 11.8. The number of hydrogen-bond acceptors (Lipinski definition) is 4. The van der Waals surface area contributed by atoms with Crippen LogP contribution in [0.5, 0.6) is 0 Å². The highest BCUT2D eigenvalue weighted by molar-refractivity contribution is 7.18. The number of esters is 1. The van der Waals surface area contributed by atoms with Crippen molar-refractivity contribution in [3.05, 3.63) is 40.3 Å². The molecule has 1 aromatic carbocycles. The maximum Gasteiger partial charge on any atom is 0.350 e. The van der Waals surface area contributed by atoms with E-state index in [1.54, 1.807) is 6.92 Å². The second-order valence-electron chi connectivity index (χ2n) is 4.39. The third-order valence-corrected chi connectivity index (χ3v) is 4.30. The van der Waals surface area contributed by atoms with E-state index in [0.717, 1.165) is 16.0 Å². The van der Waals surface area contributed by atoms with Crippen LogP contribution in [0.4, 0.5) is 5.69 Å². The molecule has 1 aromatic heterocycles. The molecule has 0 bridgehead atoms. The predicted octanol–water partition coefficient (Wildman–Crippen LogP) is 3.79. The molecule has 0 fully saturated rings. The average Bonchev–Trinajstić information content (AvgIpc) is 2.68. The Labute approximate surface area is 117 Å². The van der Waals surface area contributed by atoms with Crippen molar-refractivity contribution in [2.45, 2.75) is 20.8 Å². The zero-order chi connectivity index (χ0) is 14.0. The second kappa shape index (κ2) is 5.45. The largest absolute Gasteiger partial charge is 0.462 e. The number of nitrogens with two attached hydrogens (primary N) is 1. The van der Waals surface area contributed by atoms with Gasteiger partial charge in [-0.1, -0.05) is 29.8 Å². The van der Waals surface area contributed by atoms with Gasteiger partial charge in [0.25, 0.3) is 0 Å². The lowest BCUT2D eigenvalue weighted by Crippen LogP contribution is -2.05. The van der Waals surface area contributed by atoms with Crippen LogP contribution in [0.1, 0.15) is 27.7 Å². The van der Waals surface area contributed by atoms with Crippen LogP contribution in [0, 0.1) is 13.8 Å². The van der Waals surface area contributed by atoms with Gasteiger partial charge in [-0.3, -0.25) is 0 Å². The van der Waals surface area contributed by atoms with Gasteiger partial charge in [-0.2, -0.15) is 0 Å². The molecular formula is C15H17NO2S. The lowest BCUT2D eigenvalue weighted by Gasteiger charge is -2.00. The van der Waals surface area contributed by atoms with Crippen LogP contribution >= 0.6 is 11.3 Å². The molecule has 0 saturated heterocycles. The van der Waals surface area contributed by atoms with Crippen LogP contribution in [0.3, 0.4) is 0 Å². The van der Waals surface area contributed by atoms with Gasteiger partial charge in [0.05, 0.1) is 12.3 Å². The Morgan fingerprint density at radius 3 is 2.47 bits per heavy atom. The molecule has 0 aliphatic carbocycles. The summed E-state index contributed by atoms with van der Waals surface area (Å²) in [5.41, 5.74) is 9.76. The first-order valence-electron chi connectivity index (χ1n) is 6.17. The number of ether oxygens (including phenoxy) is 1. The Hall–Kier alpha value is -1.81. The first-order valence-corrected chi connectivity index (χ1v) is 6.99. The fourth-order valence-corrected chi connectivity index (χ4v) is 2.98. The molecule has 0 saturated carbocycles. The maximum absolute atomic E-state index is 11.8. The highest BCUT2D eigenvalue weighted by Gasteiger charge is 2.20. The number of thiophene rings is 1. The molecule has 2 aromatic rings. The van der Waals surface area contributed by atoms with Gasteiger partial charge in [0.2, 0.25) is 0 Å². The number of aryl methyl sites for hydroxylation is 1. The van der Waals surface area contributed by atoms with E-state index in [9.17, 15) is 4.79 Å². The van der Waals surface area contributed by atoms with Gasteiger partial charge in [-0.25, -0.2) is 4.79 Å². The van der Waals surface area contributed by atoms with Gasteiger partial charge in [-0.15, -0.1) is 11.3 Å². The number of anilines is 1. The van der Waals surface area contributed by atoms with Crippen LogP contribution in [0.25, 0.3) is 10.4 Å². The van der Waals surface area contributed by atoms with Gasteiger partial charge >= 0.3 is 5.97 Å². The molecular weight excluding hydrogens is 258 g/mol. The van der Waals surface area contributed by atoms with E-state index >= 15 is 0 Å². The van der Waals surface area contributed by atoms with Crippen LogP contribution < -0.4 is 5.73 Å². The summed E-state index contributed by atoms with van der Waals surface area (Å²) in [5.74, 6) is -0.341. The zero-order valence-electron chi connectivity index (χ0n) is 11.3. The summed E-state index contributed by atoms with van der Waals surface area (Å²) in [4.78, 5) is 13.3. The molecule has 4 heteroatoms. The number of hydrogen-bond donors (Lipinski definition) is 1. The van der Waals surface area contributed by atoms with Crippen molar-refractivity contribution < 1.29 is 9.53 Å². The summed E-state index contributed by atoms with van der Waals surface area (Å²) in [7, 11) is 0. The minimum Gasteiger partial charge on any atom is -0.462 e. The topological polar surface area (TPSA) is 52.3 Å². The fourth-order valence-electron chi connectivity index (χ4n) is 1.85. The van der Waals surface area contributed by atoms with Gasteiger partial charge < -0.3 is 10.5 Å². The average molecular weight is 275 g/mol. The molecule has 0 atom stereocenters. The molecule has 100 valence electrons. The molecule has 0 radical (unpaired) electrons. The van der Waals surface area contributed by atoms with E-state index in [0.29, 0.717) is 17.2 Å². The zero-order valence-corrected chi connectivity index (χ0v) is 12.1. The highest BCUT2D eigenvalue weighted by atomic mass is 32.1. The minimum absolute atomic E-state index is 0.341. The summed E-state index contributed by atoms with van der Waals surface area (Å²) in [5, 5.41) is 0. The molecule has 0 aliphatic rings. The van der Waals surface area contributed by atoms with Crippen molar-refractivity contribution >= 4 is 23.0 Å². The lowest BCUT2D eigenvalue weighted by atomic mass is 10.1. The third kappa shape index (κ3) is 2.63. The molecule has 2 N–H and O–H groups in total. The van der Waals surface area contributed by atoms with E-state index in [1.165, 1.54) is 16.9 Å². The van der Waals surface area contributed by atoms with Crippen LogP contribution in [0.15, 0.2) is 24.3 Å². The van der Waals surface area contributed by atoms with Gasteiger partial charge in [-0.05, 0) is 31.9 Å². The number of carbonyl (C=O) groups is 1. The summed E-state index contributed by atoms with van der Waals surface area (Å²) >= 11 is 1.39. The highest BCUT2D eigenvalue weighted by Crippen LogP contribution is 2.38. The normalized spacial score (nSPS) is 10.5. The fraction of sp³-hybridized carbons (Fsp3) is 0.267. The minimum atomic E-state index is -0.341. The monoisotopic (exact) mass is 275 g/mol.